The first-order chi connectivity index (χ1) is 8.49. The van der Waals surface area contributed by atoms with Crippen LogP contribution in [0.5, 0.6) is 0 Å². The van der Waals surface area contributed by atoms with Gasteiger partial charge in [0.05, 0.1) is 4.90 Å². The summed E-state index contributed by atoms with van der Waals surface area (Å²) < 4.78 is 28.1. The summed E-state index contributed by atoms with van der Waals surface area (Å²) in [5.74, 6) is 0. The zero-order valence-corrected chi connectivity index (χ0v) is 13.9. The number of thiophene rings is 1. The molecule has 0 amide bonds. The summed E-state index contributed by atoms with van der Waals surface area (Å²) in [4.78, 5) is 1.21. The lowest BCUT2D eigenvalue weighted by atomic mass is 10.4. The second-order valence-corrected chi connectivity index (χ2v) is 8.02. The van der Waals surface area contributed by atoms with Crippen molar-refractivity contribution in [2.75, 3.05) is 0 Å². The minimum Gasteiger partial charge on any atom is -0.207 e. The highest BCUT2D eigenvalue weighted by Gasteiger charge is 2.17. The van der Waals surface area contributed by atoms with Gasteiger partial charge in [0, 0.05) is 20.4 Å². The van der Waals surface area contributed by atoms with Gasteiger partial charge in [-0.25, -0.2) is 13.1 Å². The largest absolute Gasteiger partial charge is 0.242 e. The van der Waals surface area contributed by atoms with Crippen LogP contribution in [0.1, 0.15) is 4.88 Å². The summed E-state index contributed by atoms with van der Waals surface area (Å²) in [6, 6.07) is 8.83. The highest BCUT2D eigenvalue weighted by Crippen LogP contribution is 2.25. The molecule has 0 aliphatic heterocycles. The Morgan fingerprint density at radius 3 is 2.67 bits per heavy atom. The molecular weight excluding hydrogens is 402 g/mol. The fraction of sp³-hybridized carbons (Fsp3) is 0.0909. The molecule has 0 aliphatic rings. The molecule has 0 saturated carbocycles. The van der Waals surface area contributed by atoms with Gasteiger partial charge >= 0.3 is 0 Å². The average Bonchev–Trinajstić information content (AvgIpc) is 2.83. The first-order valence-corrected chi connectivity index (χ1v) is 8.91. The highest BCUT2D eigenvalue weighted by molar-refractivity contribution is 9.11. The predicted octanol–water partition coefficient (Wildman–Crippen LogP) is 3.75. The lowest BCUT2D eigenvalue weighted by molar-refractivity contribution is 0.581. The van der Waals surface area contributed by atoms with Gasteiger partial charge in [0.2, 0.25) is 10.0 Å². The van der Waals surface area contributed by atoms with E-state index in [4.69, 9.17) is 0 Å². The van der Waals surface area contributed by atoms with Crippen molar-refractivity contribution in [3.05, 3.63) is 49.5 Å². The quantitative estimate of drug-likeness (QED) is 0.834. The van der Waals surface area contributed by atoms with Crippen LogP contribution in [-0.2, 0) is 16.6 Å². The molecule has 2 aromatic rings. The van der Waals surface area contributed by atoms with E-state index in [1.807, 2.05) is 17.5 Å². The molecule has 0 atom stereocenters. The van der Waals surface area contributed by atoms with Gasteiger partial charge in [0.15, 0.2) is 0 Å². The Balaban J connectivity index is 2.22. The van der Waals surface area contributed by atoms with Gasteiger partial charge in [-0.3, -0.25) is 0 Å². The Labute approximate surface area is 127 Å². The summed E-state index contributed by atoms with van der Waals surface area (Å²) in [5, 5.41) is 1.92. The lowest BCUT2D eigenvalue weighted by Gasteiger charge is -2.08. The summed E-state index contributed by atoms with van der Waals surface area (Å²) >= 11 is 8.03. The van der Waals surface area contributed by atoms with Gasteiger partial charge < -0.3 is 0 Å². The van der Waals surface area contributed by atoms with E-state index in [0.29, 0.717) is 11.0 Å². The number of hydrogen-bond acceptors (Lipinski definition) is 3. The summed E-state index contributed by atoms with van der Waals surface area (Å²) in [5.41, 5.74) is 0. The Bertz CT molecular complexity index is 639. The molecule has 0 aliphatic carbocycles. The summed E-state index contributed by atoms with van der Waals surface area (Å²) in [7, 11) is -3.51. The molecule has 0 saturated heterocycles. The topological polar surface area (TPSA) is 46.2 Å². The predicted molar refractivity (Wildman–Crippen MR) is 80.2 cm³/mol. The van der Waals surface area contributed by atoms with Gasteiger partial charge in [-0.1, -0.05) is 22.0 Å². The van der Waals surface area contributed by atoms with Gasteiger partial charge in [-0.2, -0.15) is 0 Å². The number of rotatable bonds is 4. The van der Waals surface area contributed by atoms with E-state index < -0.39 is 10.0 Å². The van der Waals surface area contributed by atoms with Crippen molar-refractivity contribution >= 4 is 53.2 Å². The number of hydrogen-bond donors (Lipinski definition) is 1. The molecule has 0 spiro atoms. The third-order valence-electron chi connectivity index (χ3n) is 2.20. The normalized spacial score (nSPS) is 11.7. The van der Waals surface area contributed by atoms with Crippen LogP contribution >= 0.6 is 43.2 Å². The van der Waals surface area contributed by atoms with E-state index in [-0.39, 0.29) is 4.90 Å². The monoisotopic (exact) mass is 409 g/mol. The molecule has 1 heterocycles. The third-order valence-corrected chi connectivity index (χ3v) is 5.96. The molecular formula is C11H9Br2NO2S2. The van der Waals surface area contributed by atoms with Gasteiger partial charge in [-0.05, 0) is 45.6 Å². The van der Waals surface area contributed by atoms with Crippen LogP contribution in [0.15, 0.2) is 49.6 Å². The van der Waals surface area contributed by atoms with Crippen molar-refractivity contribution in [1.29, 1.82) is 0 Å². The number of nitrogens with one attached hydrogen (secondary N) is 1. The van der Waals surface area contributed by atoms with Gasteiger partial charge in [0.1, 0.15) is 0 Å². The van der Waals surface area contributed by atoms with Crippen molar-refractivity contribution in [3.63, 3.8) is 0 Å². The average molecular weight is 411 g/mol. The van der Waals surface area contributed by atoms with E-state index in [2.05, 4.69) is 36.6 Å². The fourth-order valence-electron chi connectivity index (χ4n) is 1.34. The van der Waals surface area contributed by atoms with Gasteiger partial charge in [0.25, 0.3) is 0 Å². The standard InChI is InChI=1S/C11H9Br2NO2S2/c12-8-3-4-10(13)11(6-8)18(15,16)14-7-9-2-1-5-17-9/h1-6,14H,7H2. The SMILES string of the molecule is O=S(=O)(NCc1cccs1)c1cc(Br)ccc1Br. The van der Waals surface area contributed by atoms with Crippen LogP contribution < -0.4 is 4.72 Å². The van der Waals surface area contributed by atoms with E-state index >= 15 is 0 Å². The molecule has 1 N–H and O–H groups in total. The van der Waals surface area contributed by atoms with Crippen LogP contribution in [-0.4, -0.2) is 8.42 Å². The van der Waals surface area contributed by atoms with Crippen LogP contribution in [0.3, 0.4) is 0 Å². The minimum absolute atomic E-state index is 0.230. The van der Waals surface area contributed by atoms with E-state index in [9.17, 15) is 8.42 Å². The molecule has 0 bridgehead atoms. The third kappa shape index (κ3) is 3.42. The molecule has 0 unspecified atom stereocenters. The van der Waals surface area contributed by atoms with Crippen molar-refractivity contribution < 1.29 is 8.42 Å². The molecule has 2 rings (SSSR count). The van der Waals surface area contributed by atoms with Crippen molar-refractivity contribution in [3.8, 4) is 0 Å². The zero-order valence-electron chi connectivity index (χ0n) is 9.06. The Hall–Kier alpha value is -0.210. The van der Waals surface area contributed by atoms with Crippen LogP contribution in [0.4, 0.5) is 0 Å². The van der Waals surface area contributed by atoms with E-state index in [1.165, 1.54) is 11.3 Å². The molecule has 1 aromatic heterocycles. The van der Waals surface area contributed by atoms with E-state index in [1.54, 1.807) is 18.2 Å². The molecule has 18 heavy (non-hydrogen) atoms. The highest BCUT2D eigenvalue weighted by atomic mass is 79.9. The van der Waals surface area contributed by atoms with Crippen LogP contribution in [0.25, 0.3) is 0 Å². The van der Waals surface area contributed by atoms with Crippen molar-refractivity contribution in [2.45, 2.75) is 11.4 Å². The van der Waals surface area contributed by atoms with Gasteiger partial charge in [-0.15, -0.1) is 11.3 Å². The maximum atomic E-state index is 12.1. The first kappa shape index (κ1) is 14.2. The Morgan fingerprint density at radius 1 is 1.22 bits per heavy atom. The maximum absolute atomic E-state index is 12.1. The second kappa shape index (κ2) is 5.83. The first-order valence-electron chi connectivity index (χ1n) is 4.96. The summed E-state index contributed by atoms with van der Waals surface area (Å²) in [6.45, 7) is 0.305. The molecule has 96 valence electrons. The maximum Gasteiger partial charge on any atom is 0.242 e. The number of halogens is 2. The zero-order chi connectivity index (χ0) is 13.2. The molecule has 1 aromatic carbocycles. The van der Waals surface area contributed by atoms with E-state index in [0.717, 1.165) is 9.35 Å². The Kier molecular flexibility index (Phi) is 4.60. The lowest BCUT2D eigenvalue weighted by Crippen LogP contribution is -2.23. The smallest absolute Gasteiger partial charge is 0.207 e. The van der Waals surface area contributed by atoms with Crippen molar-refractivity contribution in [1.82, 2.24) is 4.72 Å². The fourth-order valence-corrected chi connectivity index (χ4v) is 4.58. The summed E-state index contributed by atoms with van der Waals surface area (Å²) in [6.07, 6.45) is 0. The molecule has 7 heteroatoms. The minimum atomic E-state index is -3.51. The van der Waals surface area contributed by atoms with Crippen LogP contribution in [0.2, 0.25) is 0 Å². The number of benzene rings is 1. The Morgan fingerprint density at radius 2 is 2.00 bits per heavy atom. The molecule has 0 radical (unpaired) electrons. The second-order valence-electron chi connectivity index (χ2n) is 3.48. The van der Waals surface area contributed by atoms with Crippen LogP contribution in [0, 0.1) is 0 Å². The molecule has 3 nitrogen and oxygen atoms in total. The number of sulfonamides is 1. The molecule has 0 fully saturated rings. The van der Waals surface area contributed by atoms with Crippen molar-refractivity contribution in [2.24, 2.45) is 0 Å².